The molecule has 0 N–H and O–H groups in total. The van der Waals surface area contributed by atoms with E-state index in [2.05, 4.69) is 38.6 Å². The third-order valence-corrected chi connectivity index (χ3v) is 5.24. The van der Waals surface area contributed by atoms with E-state index in [1.54, 1.807) is 0 Å². The van der Waals surface area contributed by atoms with E-state index in [1.165, 1.54) is 5.56 Å². The molecule has 0 amide bonds. The average molecular weight is 362 g/mol. The number of pyridine rings is 1. The van der Waals surface area contributed by atoms with Crippen LogP contribution in [0.5, 0.6) is 0 Å². The van der Waals surface area contributed by atoms with Crippen LogP contribution in [0.1, 0.15) is 48.6 Å². The van der Waals surface area contributed by atoms with E-state index in [9.17, 15) is 0 Å². The van der Waals surface area contributed by atoms with Gasteiger partial charge < -0.3 is 9.47 Å². The van der Waals surface area contributed by atoms with Gasteiger partial charge in [0.15, 0.2) is 0 Å². The molecular formula is C21H26N6. The first kappa shape index (κ1) is 17.6. The zero-order chi connectivity index (χ0) is 18.6. The lowest BCUT2D eigenvalue weighted by Crippen LogP contribution is -2.36. The van der Waals surface area contributed by atoms with E-state index in [0.29, 0.717) is 5.92 Å². The minimum Gasteiger partial charge on any atom is -0.356 e. The van der Waals surface area contributed by atoms with Crippen LogP contribution in [0.25, 0.3) is 0 Å². The summed E-state index contributed by atoms with van der Waals surface area (Å²) in [6, 6.07) is 6.05. The molecule has 1 fully saturated rings. The number of hydrogen-bond donors (Lipinski definition) is 0. The Hall–Kier alpha value is -2.76. The number of rotatable bonds is 5. The van der Waals surface area contributed by atoms with Gasteiger partial charge in [-0.15, -0.1) is 0 Å². The third kappa shape index (κ3) is 3.84. The lowest BCUT2D eigenvalue weighted by atomic mass is 9.96. The van der Waals surface area contributed by atoms with Crippen LogP contribution in [0.4, 0.5) is 5.82 Å². The molecule has 1 atom stereocenters. The molecule has 4 rings (SSSR count). The molecule has 0 aromatic carbocycles. The summed E-state index contributed by atoms with van der Waals surface area (Å²) >= 11 is 0. The highest BCUT2D eigenvalue weighted by atomic mass is 15.2. The number of nitrogens with zero attached hydrogens (tertiary/aromatic N) is 6. The second kappa shape index (κ2) is 7.86. The Kier molecular flexibility index (Phi) is 5.14. The Bertz CT molecular complexity index is 889. The fourth-order valence-corrected chi connectivity index (χ4v) is 3.87. The molecule has 0 radical (unpaired) electrons. The van der Waals surface area contributed by atoms with Crippen LogP contribution in [0.2, 0.25) is 0 Å². The highest BCUT2D eigenvalue weighted by Gasteiger charge is 2.26. The van der Waals surface area contributed by atoms with E-state index >= 15 is 0 Å². The molecule has 1 aliphatic rings. The molecule has 6 heteroatoms. The maximum absolute atomic E-state index is 4.75. The third-order valence-electron chi connectivity index (χ3n) is 5.24. The fraction of sp³-hybridized carbons (Fsp3) is 0.429. The lowest BCUT2D eigenvalue weighted by molar-refractivity contribution is 0.472. The molecule has 0 aliphatic carbocycles. The summed E-state index contributed by atoms with van der Waals surface area (Å²) in [4.78, 5) is 20.7. The van der Waals surface area contributed by atoms with Crippen molar-refractivity contribution in [3.8, 4) is 0 Å². The van der Waals surface area contributed by atoms with Gasteiger partial charge in [-0.1, -0.05) is 13.0 Å². The molecule has 1 aliphatic heterocycles. The van der Waals surface area contributed by atoms with Gasteiger partial charge in [0.1, 0.15) is 17.5 Å². The minimum atomic E-state index is 0.400. The maximum atomic E-state index is 4.75. The van der Waals surface area contributed by atoms with E-state index < -0.39 is 0 Å². The van der Waals surface area contributed by atoms with Crippen molar-refractivity contribution in [3.63, 3.8) is 0 Å². The molecule has 0 saturated carbocycles. The van der Waals surface area contributed by atoms with Gasteiger partial charge in [-0.05, 0) is 38.3 Å². The molecule has 27 heavy (non-hydrogen) atoms. The highest BCUT2D eigenvalue weighted by molar-refractivity contribution is 5.47. The standard InChI is InChI=1S/C21H26N6/c1-3-17-13-24-16(2)25-21(17)26-11-6-7-18(14-26)20-23-10-12-27(20)15-19-8-4-5-9-22-19/h4-5,8-10,12-13,18H,3,6-7,11,14-15H2,1-2H3/t18-/m1/s1. The van der Waals surface area contributed by atoms with Gasteiger partial charge in [-0.3, -0.25) is 4.98 Å². The van der Waals surface area contributed by atoms with Crippen molar-refractivity contribution in [3.05, 3.63) is 65.9 Å². The molecule has 4 heterocycles. The summed E-state index contributed by atoms with van der Waals surface area (Å²) < 4.78 is 2.24. The minimum absolute atomic E-state index is 0.400. The molecule has 3 aromatic heterocycles. The van der Waals surface area contributed by atoms with Gasteiger partial charge >= 0.3 is 0 Å². The van der Waals surface area contributed by atoms with Gasteiger partial charge in [0, 0.05) is 49.4 Å². The van der Waals surface area contributed by atoms with Crippen LogP contribution in [0.15, 0.2) is 43.0 Å². The summed E-state index contributed by atoms with van der Waals surface area (Å²) in [7, 11) is 0. The first-order valence-electron chi connectivity index (χ1n) is 9.73. The largest absolute Gasteiger partial charge is 0.356 e. The van der Waals surface area contributed by atoms with Crippen LogP contribution >= 0.6 is 0 Å². The summed E-state index contributed by atoms with van der Waals surface area (Å²) in [5.41, 5.74) is 2.28. The Morgan fingerprint density at radius 3 is 2.89 bits per heavy atom. The fourth-order valence-electron chi connectivity index (χ4n) is 3.87. The van der Waals surface area contributed by atoms with Crippen molar-refractivity contribution in [2.75, 3.05) is 18.0 Å². The summed E-state index contributed by atoms with van der Waals surface area (Å²) in [6.07, 6.45) is 11.0. The van der Waals surface area contributed by atoms with E-state index in [0.717, 1.165) is 62.1 Å². The molecule has 1 saturated heterocycles. The van der Waals surface area contributed by atoms with Crippen molar-refractivity contribution in [1.29, 1.82) is 0 Å². The van der Waals surface area contributed by atoms with Crippen LogP contribution in [-0.4, -0.2) is 37.6 Å². The Labute approximate surface area is 160 Å². The van der Waals surface area contributed by atoms with Crippen molar-refractivity contribution in [2.24, 2.45) is 0 Å². The van der Waals surface area contributed by atoms with Gasteiger partial charge in [-0.2, -0.15) is 0 Å². The Morgan fingerprint density at radius 1 is 1.15 bits per heavy atom. The van der Waals surface area contributed by atoms with Crippen LogP contribution < -0.4 is 4.90 Å². The smallest absolute Gasteiger partial charge is 0.135 e. The van der Waals surface area contributed by atoms with E-state index in [1.807, 2.05) is 37.6 Å². The predicted octanol–water partition coefficient (Wildman–Crippen LogP) is 3.37. The van der Waals surface area contributed by atoms with Crippen molar-refractivity contribution in [1.82, 2.24) is 24.5 Å². The van der Waals surface area contributed by atoms with Gasteiger partial charge in [0.25, 0.3) is 0 Å². The van der Waals surface area contributed by atoms with E-state index in [-0.39, 0.29) is 0 Å². The molecular weight excluding hydrogens is 336 g/mol. The summed E-state index contributed by atoms with van der Waals surface area (Å²) in [6.45, 7) is 6.88. The quantitative estimate of drug-likeness (QED) is 0.696. The number of piperidine rings is 1. The Balaban J connectivity index is 1.56. The summed E-state index contributed by atoms with van der Waals surface area (Å²) in [5, 5.41) is 0. The van der Waals surface area contributed by atoms with Gasteiger partial charge in [-0.25, -0.2) is 15.0 Å². The van der Waals surface area contributed by atoms with Crippen molar-refractivity contribution < 1.29 is 0 Å². The highest BCUT2D eigenvalue weighted by Crippen LogP contribution is 2.30. The average Bonchev–Trinajstić information content (AvgIpc) is 3.17. The number of hydrogen-bond acceptors (Lipinski definition) is 5. The molecule has 140 valence electrons. The maximum Gasteiger partial charge on any atom is 0.135 e. The molecule has 6 nitrogen and oxygen atoms in total. The predicted molar refractivity (Wildman–Crippen MR) is 106 cm³/mol. The topological polar surface area (TPSA) is 59.7 Å². The SMILES string of the molecule is CCc1cnc(C)nc1N1CCC[C@@H](c2nccn2Cc2ccccn2)C1. The van der Waals surface area contributed by atoms with Crippen LogP contribution in [0.3, 0.4) is 0 Å². The Morgan fingerprint density at radius 2 is 2.07 bits per heavy atom. The second-order valence-electron chi connectivity index (χ2n) is 7.14. The monoisotopic (exact) mass is 362 g/mol. The number of imidazole rings is 1. The zero-order valence-electron chi connectivity index (χ0n) is 16.0. The number of anilines is 1. The first-order chi connectivity index (χ1) is 13.2. The number of aromatic nitrogens is 5. The van der Waals surface area contributed by atoms with Gasteiger partial charge in [0.05, 0.1) is 12.2 Å². The first-order valence-corrected chi connectivity index (χ1v) is 9.73. The second-order valence-corrected chi connectivity index (χ2v) is 7.14. The normalized spacial score (nSPS) is 17.3. The zero-order valence-corrected chi connectivity index (χ0v) is 16.0. The summed E-state index contributed by atoms with van der Waals surface area (Å²) in [5.74, 6) is 3.48. The van der Waals surface area contributed by atoms with Crippen LogP contribution in [0, 0.1) is 6.92 Å². The molecule has 3 aromatic rings. The molecule has 0 unspecified atom stereocenters. The van der Waals surface area contributed by atoms with E-state index in [4.69, 9.17) is 9.97 Å². The lowest BCUT2D eigenvalue weighted by Gasteiger charge is -2.34. The van der Waals surface area contributed by atoms with Crippen molar-refractivity contribution in [2.45, 2.75) is 45.6 Å². The van der Waals surface area contributed by atoms with Crippen molar-refractivity contribution >= 4 is 5.82 Å². The van der Waals surface area contributed by atoms with Crippen LogP contribution in [-0.2, 0) is 13.0 Å². The number of aryl methyl sites for hydroxylation is 2. The molecule has 0 bridgehead atoms. The van der Waals surface area contributed by atoms with Gasteiger partial charge in [0.2, 0.25) is 0 Å². The molecule has 0 spiro atoms.